The Hall–Kier alpha value is -3.85. The minimum atomic E-state index is -0.685. The first kappa shape index (κ1) is 18.9. The largest absolute Gasteiger partial charge is 0.497 e. The molecule has 0 saturated heterocycles. The summed E-state index contributed by atoms with van der Waals surface area (Å²) in [5, 5.41) is 14.0. The van der Waals surface area contributed by atoms with Crippen molar-refractivity contribution in [1.82, 2.24) is 9.78 Å². The molecule has 3 aromatic rings. The van der Waals surface area contributed by atoms with E-state index in [-0.39, 0.29) is 5.57 Å². The first-order valence-corrected chi connectivity index (χ1v) is 8.60. The number of carbonyl (C=O) groups excluding carboxylic acids is 1. The number of hydrogen-bond donors (Lipinski definition) is 0. The Kier molecular flexibility index (Phi) is 5.87. The van der Waals surface area contributed by atoms with E-state index in [1.807, 2.05) is 66.9 Å². The Labute approximate surface area is 163 Å². The van der Waals surface area contributed by atoms with Crippen LogP contribution in [0, 0.1) is 11.3 Å². The maximum absolute atomic E-state index is 11.8. The molecule has 140 valence electrons. The topological polar surface area (TPSA) is 77.1 Å². The van der Waals surface area contributed by atoms with Crippen LogP contribution < -0.4 is 4.74 Å². The predicted octanol–water partition coefficient (Wildman–Crippen LogP) is 3.69. The number of rotatable bonds is 6. The maximum Gasteiger partial charge on any atom is 0.348 e. The van der Waals surface area contributed by atoms with Gasteiger partial charge in [0.1, 0.15) is 17.4 Å². The number of benzene rings is 2. The number of nitrogens with zero attached hydrogens (tertiary/aromatic N) is 3. The lowest BCUT2D eigenvalue weighted by atomic mass is 10.1. The fourth-order valence-corrected chi connectivity index (χ4v) is 2.79. The van der Waals surface area contributed by atoms with E-state index < -0.39 is 5.97 Å². The summed E-state index contributed by atoms with van der Waals surface area (Å²) >= 11 is 0. The fraction of sp³-hybridized carbons (Fsp3) is 0.136. The molecule has 0 N–H and O–H groups in total. The minimum absolute atomic E-state index is 0.0918. The molecule has 0 fully saturated rings. The third kappa shape index (κ3) is 4.27. The summed E-state index contributed by atoms with van der Waals surface area (Å²) in [5.74, 6) is 0.00779. The molecule has 3 rings (SSSR count). The average Bonchev–Trinajstić information content (AvgIpc) is 3.14. The first-order valence-electron chi connectivity index (χ1n) is 8.60. The second-order valence-electron chi connectivity index (χ2n) is 6.01. The van der Waals surface area contributed by atoms with Crippen molar-refractivity contribution >= 4 is 12.0 Å². The van der Waals surface area contributed by atoms with Gasteiger partial charge in [0, 0.05) is 17.3 Å². The molecule has 0 amide bonds. The van der Waals surface area contributed by atoms with Crippen molar-refractivity contribution in [2.45, 2.75) is 6.54 Å². The van der Waals surface area contributed by atoms with E-state index >= 15 is 0 Å². The molecule has 0 aliphatic carbocycles. The lowest BCUT2D eigenvalue weighted by molar-refractivity contribution is -0.135. The number of methoxy groups -OCH3 is 2. The second kappa shape index (κ2) is 8.69. The van der Waals surface area contributed by atoms with Gasteiger partial charge in [0.2, 0.25) is 0 Å². The molecular formula is C22H19N3O3. The van der Waals surface area contributed by atoms with Crippen LogP contribution in [0.3, 0.4) is 0 Å². The van der Waals surface area contributed by atoms with Crippen LogP contribution in [0.2, 0.25) is 0 Å². The lowest BCUT2D eigenvalue weighted by Crippen LogP contribution is -2.02. The second-order valence-corrected chi connectivity index (χ2v) is 6.01. The zero-order chi connectivity index (χ0) is 19.9. The van der Waals surface area contributed by atoms with Gasteiger partial charge in [-0.05, 0) is 23.8 Å². The molecule has 0 spiro atoms. The molecule has 0 aliphatic heterocycles. The highest BCUT2D eigenvalue weighted by Crippen LogP contribution is 2.27. The summed E-state index contributed by atoms with van der Waals surface area (Å²) in [5.41, 5.74) is 3.11. The summed E-state index contributed by atoms with van der Waals surface area (Å²) in [6, 6.07) is 19.3. The Balaban J connectivity index is 2.08. The van der Waals surface area contributed by atoms with Crippen LogP contribution in [0.25, 0.3) is 17.3 Å². The highest BCUT2D eigenvalue weighted by molar-refractivity contribution is 5.98. The monoisotopic (exact) mass is 373 g/mol. The predicted molar refractivity (Wildman–Crippen MR) is 105 cm³/mol. The molecular weight excluding hydrogens is 354 g/mol. The van der Waals surface area contributed by atoms with Crippen molar-refractivity contribution in [3.63, 3.8) is 0 Å². The van der Waals surface area contributed by atoms with E-state index in [0.717, 1.165) is 11.1 Å². The van der Waals surface area contributed by atoms with E-state index in [1.165, 1.54) is 13.2 Å². The SMILES string of the molecule is COC(=O)/C(C#N)=C/c1cn(Cc2ccccc2)nc1-c1cccc(OC)c1. The van der Waals surface area contributed by atoms with E-state index in [9.17, 15) is 10.1 Å². The van der Waals surface area contributed by atoms with Crippen molar-refractivity contribution in [3.05, 3.63) is 77.5 Å². The standard InChI is InChI=1S/C22H19N3O3/c1-27-20-10-6-9-17(12-20)21-19(11-18(13-23)22(26)28-2)15-25(24-21)14-16-7-4-3-5-8-16/h3-12,15H,14H2,1-2H3/b18-11+. The molecule has 6 heteroatoms. The van der Waals surface area contributed by atoms with E-state index in [4.69, 9.17) is 4.74 Å². The molecule has 0 aliphatic rings. The van der Waals surface area contributed by atoms with Crippen LogP contribution in [-0.4, -0.2) is 30.0 Å². The summed E-state index contributed by atoms with van der Waals surface area (Å²) in [4.78, 5) is 11.8. The maximum atomic E-state index is 11.8. The van der Waals surface area contributed by atoms with Crippen LogP contribution in [-0.2, 0) is 16.1 Å². The summed E-state index contributed by atoms with van der Waals surface area (Å²) in [6.07, 6.45) is 3.30. The third-order valence-corrected chi connectivity index (χ3v) is 4.15. The van der Waals surface area contributed by atoms with Gasteiger partial charge in [-0.2, -0.15) is 10.4 Å². The quantitative estimate of drug-likeness (QED) is 0.374. The van der Waals surface area contributed by atoms with Gasteiger partial charge in [-0.25, -0.2) is 4.79 Å². The fourth-order valence-electron chi connectivity index (χ4n) is 2.79. The molecule has 28 heavy (non-hydrogen) atoms. The van der Waals surface area contributed by atoms with Gasteiger partial charge < -0.3 is 9.47 Å². The van der Waals surface area contributed by atoms with Gasteiger partial charge in [0.15, 0.2) is 0 Å². The van der Waals surface area contributed by atoms with Crippen LogP contribution >= 0.6 is 0 Å². The average molecular weight is 373 g/mol. The Morgan fingerprint density at radius 1 is 1.18 bits per heavy atom. The van der Waals surface area contributed by atoms with Crippen molar-refractivity contribution < 1.29 is 14.3 Å². The zero-order valence-corrected chi connectivity index (χ0v) is 15.6. The molecule has 0 bridgehead atoms. The van der Waals surface area contributed by atoms with Crippen molar-refractivity contribution in [1.29, 1.82) is 5.26 Å². The van der Waals surface area contributed by atoms with Crippen LogP contribution in [0.5, 0.6) is 5.75 Å². The van der Waals surface area contributed by atoms with E-state index in [0.29, 0.717) is 23.6 Å². The number of esters is 1. The van der Waals surface area contributed by atoms with Crippen LogP contribution in [0.4, 0.5) is 0 Å². The molecule has 0 unspecified atom stereocenters. The summed E-state index contributed by atoms with van der Waals surface area (Å²) in [7, 11) is 2.84. The van der Waals surface area contributed by atoms with Gasteiger partial charge in [-0.3, -0.25) is 4.68 Å². The Bertz CT molecular complexity index is 1050. The number of hydrogen-bond acceptors (Lipinski definition) is 5. The summed E-state index contributed by atoms with van der Waals surface area (Å²) < 4.78 is 11.8. The van der Waals surface area contributed by atoms with E-state index in [1.54, 1.807) is 11.8 Å². The Morgan fingerprint density at radius 2 is 1.96 bits per heavy atom. The van der Waals surface area contributed by atoms with Crippen LogP contribution in [0.15, 0.2) is 66.4 Å². The number of carbonyl (C=O) groups is 1. The van der Waals surface area contributed by atoms with Crippen molar-refractivity contribution in [2.24, 2.45) is 0 Å². The van der Waals surface area contributed by atoms with Crippen molar-refractivity contribution in [2.75, 3.05) is 14.2 Å². The van der Waals surface area contributed by atoms with Gasteiger partial charge in [0.25, 0.3) is 0 Å². The summed E-state index contributed by atoms with van der Waals surface area (Å²) in [6.45, 7) is 0.561. The number of nitriles is 1. The molecule has 0 radical (unpaired) electrons. The molecule has 6 nitrogen and oxygen atoms in total. The third-order valence-electron chi connectivity index (χ3n) is 4.15. The normalized spacial score (nSPS) is 11.0. The van der Waals surface area contributed by atoms with Gasteiger partial charge >= 0.3 is 5.97 Å². The molecule has 0 atom stereocenters. The molecule has 1 heterocycles. The number of aromatic nitrogens is 2. The van der Waals surface area contributed by atoms with Gasteiger partial charge in [-0.1, -0.05) is 42.5 Å². The first-order chi connectivity index (χ1) is 13.6. The van der Waals surface area contributed by atoms with Gasteiger partial charge in [0.05, 0.1) is 26.5 Å². The molecule has 2 aromatic carbocycles. The highest BCUT2D eigenvalue weighted by atomic mass is 16.5. The molecule has 0 saturated carbocycles. The van der Waals surface area contributed by atoms with Crippen molar-refractivity contribution in [3.8, 4) is 23.1 Å². The van der Waals surface area contributed by atoms with Gasteiger partial charge in [-0.15, -0.1) is 0 Å². The minimum Gasteiger partial charge on any atom is -0.497 e. The lowest BCUT2D eigenvalue weighted by Gasteiger charge is -2.04. The smallest absolute Gasteiger partial charge is 0.348 e. The number of ether oxygens (including phenoxy) is 2. The Morgan fingerprint density at radius 3 is 2.64 bits per heavy atom. The van der Waals surface area contributed by atoms with E-state index in [2.05, 4.69) is 9.84 Å². The molecule has 1 aromatic heterocycles. The highest BCUT2D eigenvalue weighted by Gasteiger charge is 2.15. The zero-order valence-electron chi connectivity index (χ0n) is 15.6. The van der Waals surface area contributed by atoms with Crippen LogP contribution in [0.1, 0.15) is 11.1 Å².